The maximum absolute atomic E-state index is 5.37. The highest BCUT2D eigenvalue weighted by Gasteiger charge is 2.18. The molecular weight excluding hydrogens is 228 g/mol. The second-order valence-corrected chi connectivity index (χ2v) is 5.73. The third-order valence-corrected chi connectivity index (χ3v) is 2.84. The van der Waals surface area contributed by atoms with E-state index in [9.17, 15) is 0 Å². The Morgan fingerprint density at radius 1 is 1.44 bits per heavy atom. The lowest BCUT2D eigenvalue weighted by Gasteiger charge is -2.30. The first-order chi connectivity index (χ1) is 8.42. The zero-order valence-electron chi connectivity index (χ0n) is 12.2. The van der Waals surface area contributed by atoms with Gasteiger partial charge >= 0.3 is 0 Å². The molecule has 0 aliphatic carbocycles. The van der Waals surface area contributed by atoms with Gasteiger partial charge in [0.1, 0.15) is 5.76 Å². The Hall–Kier alpha value is -0.840. The van der Waals surface area contributed by atoms with Crippen molar-refractivity contribution in [3.05, 3.63) is 24.2 Å². The summed E-state index contributed by atoms with van der Waals surface area (Å²) in [5.41, 5.74) is 0.123. The number of nitrogens with zero attached hydrogens (tertiary/aromatic N) is 1. The van der Waals surface area contributed by atoms with E-state index >= 15 is 0 Å². The summed E-state index contributed by atoms with van der Waals surface area (Å²) in [5.74, 6) is 0.981. The first-order valence-electron chi connectivity index (χ1n) is 6.39. The summed E-state index contributed by atoms with van der Waals surface area (Å²) in [6.07, 6.45) is 1.71. The van der Waals surface area contributed by atoms with Gasteiger partial charge in [0.2, 0.25) is 0 Å². The van der Waals surface area contributed by atoms with Crippen LogP contribution in [0.1, 0.15) is 26.5 Å². The van der Waals surface area contributed by atoms with Crippen molar-refractivity contribution < 1.29 is 9.15 Å². The molecule has 0 amide bonds. The van der Waals surface area contributed by atoms with E-state index in [1.54, 1.807) is 13.4 Å². The molecule has 0 spiro atoms. The van der Waals surface area contributed by atoms with Crippen molar-refractivity contribution in [1.82, 2.24) is 10.2 Å². The van der Waals surface area contributed by atoms with Crippen molar-refractivity contribution in [2.75, 3.05) is 27.3 Å². The number of hydrogen-bond donors (Lipinski definition) is 1. The van der Waals surface area contributed by atoms with E-state index in [-0.39, 0.29) is 5.54 Å². The second-order valence-electron chi connectivity index (χ2n) is 5.73. The zero-order chi connectivity index (χ0) is 13.6. The predicted octanol–water partition coefficient (Wildman–Crippen LogP) is 2.11. The topological polar surface area (TPSA) is 37.6 Å². The molecule has 18 heavy (non-hydrogen) atoms. The summed E-state index contributed by atoms with van der Waals surface area (Å²) < 4.78 is 10.7. The molecule has 1 aromatic rings. The molecule has 0 aliphatic rings. The highest BCUT2D eigenvalue weighted by atomic mass is 16.5. The third kappa shape index (κ3) is 5.67. The van der Waals surface area contributed by atoms with E-state index in [1.165, 1.54) is 0 Å². The number of ether oxygens (including phenoxy) is 1. The summed E-state index contributed by atoms with van der Waals surface area (Å²) in [6, 6.07) is 4.25. The van der Waals surface area contributed by atoms with Crippen molar-refractivity contribution >= 4 is 0 Å². The van der Waals surface area contributed by atoms with Crippen LogP contribution in [-0.2, 0) is 11.3 Å². The van der Waals surface area contributed by atoms with Gasteiger partial charge in [0.05, 0.1) is 19.4 Å². The molecule has 4 heteroatoms. The van der Waals surface area contributed by atoms with Gasteiger partial charge in [-0.1, -0.05) is 0 Å². The first kappa shape index (κ1) is 15.2. The third-order valence-electron chi connectivity index (χ3n) is 2.84. The van der Waals surface area contributed by atoms with Gasteiger partial charge in [-0.2, -0.15) is 0 Å². The van der Waals surface area contributed by atoms with Crippen molar-refractivity contribution in [2.24, 2.45) is 0 Å². The fourth-order valence-electron chi connectivity index (χ4n) is 1.74. The van der Waals surface area contributed by atoms with Gasteiger partial charge in [-0.25, -0.2) is 0 Å². The minimum Gasteiger partial charge on any atom is -0.468 e. The number of furan rings is 1. The molecule has 104 valence electrons. The minimum absolute atomic E-state index is 0.123. The van der Waals surface area contributed by atoms with E-state index in [4.69, 9.17) is 9.15 Å². The zero-order valence-corrected chi connectivity index (χ0v) is 12.2. The summed E-state index contributed by atoms with van der Waals surface area (Å²) in [6.45, 7) is 8.91. The van der Waals surface area contributed by atoms with Gasteiger partial charge in [0.15, 0.2) is 0 Å². The summed E-state index contributed by atoms with van der Waals surface area (Å²) in [5, 5.41) is 3.52. The van der Waals surface area contributed by atoms with Crippen molar-refractivity contribution in [1.29, 1.82) is 0 Å². The van der Waals surface area contributed by atoms with Gasteiger partial charge in [0.25, 0.3) is 0 Å². The van der Waals surface area contributed by atoms with Crippen LogP contribution in [0.15, 0.2) is 22.8 Å². The lowest BCUT2D eigenvalue weighted by atomic mass is 10.1. The first-order valence-corrected chi connectivity index (χ1v) is 6.39. The van der Waals surface area contributed by atoms with E-state index < -0.39 is 0 Å². The molecular formula is C14H26N2O2. The molecule has 1 unspecified atom stereocenters. The van der Waals surface area contributed by atoms with Crippen LogP contribution in [0.25, 0.3) is 0 Å². The molecule has 0 saturated heterocycles. The lowest BCUT2D eigenvalue weighted by Crippen LogP contribution is -2.48. The summed E-state index contributed by atoms with van der Waals surface area (Å²) in [4.78, 5) is 2.25. The number of rotatable bonds is 7. The van der Waals surface area contributed by atoms with Gasteiger partial charge in [0, 0.05) is 25.2 Å². The second kappa shape index (κ2) is 6.92. The Morgan fingerprint density at radius 2 is 2.17 bits per heavy atom. The van der Waals surface area contributed by atoms with Gasteiger partial charge in [-0.15, -0.1) is 0 Å². The number of methoxy groups -OCH3 is 1. The van der Waals surface area contributed by atoms with Gasteiger partial charge < -0.3 is 14.5 Å². The van der Waals surface area contributed by atoms with E-state index in [1.807, 2.05) is 12.1 Å². The van der Waals surface area contributed by atoms with Crippen LogP contribution in [0.5, 0.6) is 0 Å². The molecule has 0 bridgehead atoms. The van der Waals surface area contributed by atoms with Crippen LogP contribution in [0, 0.1) is 0 Å². The Kier molecular flexibility index (Phi) is 5.85. The Bertz CT molecular complexity index is 317. The fraction of sp³-hybridized carbons (Fsp3) is 0.714. The number of hydrogen-bond acceptors (Lipinski definition) is 4. The summed E-state index contributed by atoms with van der Waals surface area (Å²) in [7, 11) is 3.83. The van der Waals surface area contributed by atoms with Crippen LogP contribution in [0.2, 0.25) is 0 Å². The van der Waals surface area contributed by atoms with Crippen LogP contribution in [0.3, 0.4) is 0 Å². The van der Waals surface area contributed by atoms with Crippen LogP contribution >= 0.6 is 0 Å². The van der Waals surface area contributed by atoms with Crippen LogP contribution < -0.4 is 5.32 Å². The maximum Gasteiger partial charge on any atom is 0.117 e. The molecule has 1 heterocycles. The normalized spacial score (nSPS) is 14.1. The van der Waals surface area contributed by atoms with Crippen molar-refractivity contribution in [3.63, 3.8) is 0 Å². The minimum atomic E-state index is 0.123. The van der Waals surface area contributed by atoms with E-state index in [0.29, 0.717) is 12.6 Å². The number of nitrogens with one attached hydrogen (secondary N) is 1. The predicted molar refractivity (Wildman–Crippen MR) is 73.6 cm³/mol. The quantitative estimate of drug-likeness (QED) is 0.809. The molecule has 0 aliphatic heterocycles. The van der Waals surface area contributed by atoms with Crippen LogP contribution in [0.4, 0.5) is 0 Å². The highest BCUT2D eigenvalue weighted by Crippen LogP contribution is 2.08. The fourth-order valence-corrected chi connectivity index (χ4v) is 1.74. The smallest absolute Gasteiger partial charge is 0.117 e. The Morgan fingerprint density at radius 3 is 2.67 bits per heavy atom. The average molecular weight is 254 g/mol. The average Bonchev–Trinajstić information content (AvgIpc) is 2.75. The SMILES string of the molecule is COCC(CNC(C)(C)C)N(C)Cc1ccco1. The lowest BCUT2D eigenvalue weighted by molar-refractivity contribution is 0.0933. The monoisotopic (exact) mass is 254 g/mol. The molecule has 0 radical (unpaired) electrons. The molecule has 0 saturated carbocycles. The molecule has 1 atom stereocenters. The molecule has 1 N–H and O–H groups in total. The van der Waals surface area contributed by atoms with Crippen LogP contribution in [-0.4, -0.2) is 43.8 Å². The summed E-state index contributed by atoms with van der Waals surface area (Å²) >= 11 is 0. The molecule has 0 aromatic carbocycles. The Labute approximate surface area is 110 Å². The molecule has 1 rings (SSSR count). The largest absolute Gasteiger partial charge is 0.468 e. The highest BCUT2D eigenvalue weighted by molar-refractivity contribution is 4.98. The Balaban J connectivity index is 2.49. The van der Waals surface area contributed by atoms with E-state index in [2.05, 4.69) is 38.0 Å². The van der Waals surface area contributed by atoms with E-state index in [0.717, 1.165) is 18.8 Å². The number of likely N-dealkylation sites (N-methyl/N-ethyl adjacent to an activating group) is 1. The molecule has 1 aromatic heterocycles. The van der Waals surface area contributed by atoms with Gasteiger partial charge in [-0.3, -0.25) is 4.90 Å². The molecule has 4 nitrogen and oxygen atoms in total. The van der Waals surface area contributed by atoms with Crippen molar-refractivity contribution in [3.8, 4) is 0 Å². The van der Waals surface area contributed by atoms with Gasteiger partial charge in [-0.05, 0) is 40.0 Å². The molecule has 0 fully saturated rings. The van der Waals surface area contributed by atoms with Crippen molar-refractivity contribution in [2.45, 2.75) is 38.9 Å². The maximum atomic E-state index is 5.37. The standard InChI is InChI=1S/C14H26N2O2/c1-14(2,3)15-9-12(11-17-5)16(4)10-13-7-6-8-18-13/h6-8,12,15H,9-11H2,1-5H3.